The smallest absolute Gasteiger partial charge is 0.143 e. The van der Waals surface area contributed by atoms with E-state index in [0.29, 0.717) is 0 Å². The normalized spacial score (nSPS) is 30.5. The summed E-state index contributed by atoms with van der Waals surface area (Å²) in [6.45, 7) is 7.10. The van der Waals surface area contributed by atoms with Crippen molar-refractivity contribution in [2.75, 3.05) is 6.54 Å². The molecule has 1 fully saturated rings. The largest absolute Gasteiger partial charge is 0.349 e. The van der Waals surface area contributed by atoms with Gasteiger partial charge in [-0.3, -0.25) is 10.3 Å². The Morgan fingerprint density at radius 1 is 1.29 bits per heavy atom. The molecule has 76 valence electrons. The van der Waals surface area contributed by atoms with E-state index in [1.165, 1.54) is 0 Å². The predicted molar refractivity (Wildman–Crippen MR) is 54.8 cm³/mol. The molecule has 3 heteroatoms. The molecular formula is C11H16N2O. The fourth-order valence-electron chi connectivity index (χ4n) is 1.84. The molecule has 1 aromatic rings. The Labute approximate surface area is 84.5 Å². The second-order valence-electron chi connectivity index (χ2n) is 4.48. The molecule has 1 saturated heterocycles. The van der Waals surface area contributed by atoms with Gasteiger partial charge in [-0.15, -0.1) is 0 Å². The van der Waals surface area contributed by atoms with Crippen LogP contribution in [0.25, 0.3) is 0 Å². The molecule has 0 bridgehead atoms. The number of ether oxygens (including phenoxy) is 1. The molecule has 1 atom stereocenters. The van der Waals surface area contributed by atoms with Crippen molar-refractivity contribution in [3.8, 4) is 0 Å². The molecule has 1 N–H and O–H groups in total. The zero-order valence-electron chi connectivity index (χ0n) is 8.87. The molecule has 1 aliphatic rings. The maximum absolute atomic E-state index is 5.98. The van der Waals surface area contributed by atoms with Gasteiger partial charge in [-0.25, -0.2) is 0 Å². The van der Waals surface area contributed by atoms with Crippen molar-refractivity contribution >= 4 is 0 Å². The number of rotatable bonds is 1. The highest BCUT2D eigenvalue weighted by atomic mass is 16.5. The molecule has 2 rings (SSSR count). The first-order chi connectivity index (χ1) is 6.52. The number of hydrogen-bond acceptors (Lipinski definition) is 3. The van der Waals surface area contributed by atoms with Crippen molar-refractivity contribution in [3.05, 3.63) is 30.1 Å². The fraction of sp³-hybridized carbons (Fsp3) is 0.545. The third kappa shape index (κ3) is 1.65. The third-order valence-electron chi connectivity index (χ3n) is 2.56. The lowest BCUT2D eigenvalue weighted by molar-refractivity contribution is -0.0839. The van der Waals surface area contributed by atoms with E-state index in [-0.39, 0.29) is 11.3 Å². The first kappa shape index (κ1) is 9.62. The van der Waals surface area contributed by atoms with Gasteiger partial charge in [0.05, 0.1) is 5.60 Å². The Hall–Kier alpha value is -0.930. The van der Waals surface area contributed by atoms with E-state index in [1.807, 2.05) is 12.1 Å². The standard InChI is InChI=1S/C11H16N2O/c1-10(2)8-13-11(3,14-10)9-4-6-12-7-5-9/h4-7,13H,8H2,1-3H3. The van der Waals surface area contributed by atoms with Crippen LogP contribution in [0.2, 0.25) is 0 Å². The van der Waals surface area contributed by atoms with Gasteiger partial charge in [0.15, 0.2) is 0 Å². The minimum atomic E-state index is -0.369. The van der Waals surface area contributed by atoms with Gasteiger partial charge in [0.2, 0.25) is 0 Å². The molecule has 0 aromatic carbocycles. The maximum Gasteiger partial charge on any atom is 0.143 e. The molecule has 2 heterocycles. The predicted octanol–water partition coefficient (Wildman–Crippen LogP) is 1.65. The molecule has 1 aromatic heterocycles. The topological polar surface area (TPSA) is 34.2 Å². The Balaban J connectivity index is 2.27. The average molecular weight is 192 g/mol. The third-order valence-corrected chi connectivity index (χ3v) is 2.56. The van der Waals surface area contributed by atoms with Crippen molar-refractivity contribution in [2.24, 2.45) is 0 Å². The average Bonchev–Trinajstić information content (AvgIpc) is 2.44. The fourth-order valence-corrected chi connectivity index (χ4v) is 1.84. The second kappa shape index (κ2) is 3.04. The van der Waals surface area contributed by atoms with Crippen molar-refractivity contribution in [1.29, 1.82) is 0 Å². The van der Waals surface area contributed by atoms with E-state index in [1.54, 1.807) is 12.4 Å². The molecule has 0 radical (unpaired) electrons. The van der Waals surface area contributed by atoms with Crippen LogP contribution in [0.1, 0.15) is 26.3 Å². The van der Waals surface area contributed by atoms with Crippen LogP contribution in [0.15, 0.2) is 24.5 Å². The van der Waals surface area contributed by atoms with Gasteiger partial charge >= 0.3 is 0 Å². The highest BCUT2D eigenvalue weighted by Gasteiger charge is 2.41. The minimum Gasteiger partial charge on any atom is -0.349 e. The van der Waals surface area contributed by atoms with Gasteiger partial charge in [-0.2, -0.15) is 0 Å². The first-order valence-electron chi connectivity index (χ1n) is 4.88. The van der Waals surface area contributed by atoms with Gasteiger partial charge in [-0.05, 0) is 32.9 Å². The van der Waals surface area contributed by atoms with E-state index >= 15 is 0 Å². The van der Waals surface area contributed by atoms with Crippen LogP contribution in [0.5, 0.6) is 0 Å². The zero-order chi connectivity index (χ0) is 10.2. The summed E-state index contributed by atoms with van der Waals surface area (Å²) in [5, 5.41) is 3.39. The van der Waals surface area contributed by atoms with Gasteiger partial charge in [-0.1, -0.05) is 0 Å². The number of hydrogen-bond donors (Lipinski definition) is 1. The van der Waals surface area contributed by atoms with Gasteiger partial charge < -0.3 is 4.74 Å². The maximum atomic E-state index is 5.98. The highest BCUT2D eigenvalue weighted by molar-refractivity contribution is 5.19. The van der Waals surface area contributed by atoms with Crippen molar-refractivity contribution < 1.29 is 4.74 Å². The first-order valence-corrected chi connectivity index (χ1v) is 4.88. The Morgan fingerprint density at radius 3 is 2.43 bits per heavy atom. The molecule has 0 spiro atoms. The quantitative estimate of drug-likeness (QED) is 0.734. The summed E-state index contributed by atoms with van der Waals surface area (Å²) in [6, 6.07) is 3.96. The molecule has 3 nitrogen and oxygen atoms in total. The molecule has 0 aliphatic carbocycles. The molecule has 1 unspecified atom stereocenters. The molecular weight excluding hydrogens is 176 g/mol. The van der Waals surface area contributed by atoms with E-state index in [0.717, 1.165) is 12.1 Å². The number of aromatic nitrogens is 1. The number of nitrogens with one attached hydrogen (secondary N) is 1. The van der Waals surface area contributed by atoms with Crippen LogP contribution in [0, 0.1) is 0 Å². The molecule has 0 amide bonds. The van der Waals surface area contributed by atoms with Crippen LogP contribution < -0.4 is 5.32 Å². The summed E-state index contributed by atoms with van der Waals surface area (Å²) >= 11 is 0. The molecule has 14 heavy (non-hydrogen) atoms. The van der Waals surface area contributed by atoms with Crippen LogP contribution in [0.4, 0.5) is 0 Å². The van der Waals surface area contributed by atoms with Crippen molar-refractivity contribution in [1.82, 2.24) is 10.3 Å². The summed E-state index contributed by atoms with van der Waals surface area (Å²) < 4.78 is 5.98. The van der Waals surface area contributed by atoms with E-state index in [4.69, 9.17) is 4.74 Å². The lowest BCUT2D eigenvalue weighted by atomic mass is 10.1. The Bertz CT molecular complexity index is 323. The summed E-state index contributed by atoms with van der Waals surface area (Å²) in [5.74, 6) is 0. The van der Waals surface area contributed by atoms with Crippen LogP contribution >= 0.6 is 0 Å². The SMILES string of the molecule is CC1(C)CNC(C)(c2ccncc2)O1. The Kier molecular flexibility index (Phi) is 2.09. The second-order valence-corrected chi connectivity index (χ2v) is 4.48. The highest BCUT2D eigenvalue weighted by Crippen LogP contribution is 2.32. The van der Waals surface area contributed by atoms with E-state index in [9.17, 15) is 0 Å². The zero-order valence-corrected chi connectivity index (χ0v) is 8.87. The van der Waals surface area contributed by atoms with Gasteiger partial charge in [0.1, 0.15) is 5.72 Å². The molecule has 0 saturated carbocycles. The van der Waals surface area contributed by atoms with E-state index < -0.39 is 0 Å². The lowest BCUT2D eigenvalue weighted by Gasteiger charge is -2.27. The Morgan fingerprint density at radius 2 is 1.93 bits per heavy atom. The van der Waals surface area contributed by atoms with Gasteiger partial charge in [0.25, 0.3) is 0 Å². The number of nitrogens with zero attached hydrogens (tertiary/aromatic N) is 1. The van der Waals surface area contributed by atoms with Gasteiger partial charge in [0, 0.05) is 24.5 Å². The van der Waals surface area contributed by atoms with Crippen LogP contribution in [-0.4, -0.2) is 17.1 Å². The van der Waals surface area contributed by atoms with Crippen molar-refractivity contribution in [2.45, 2.75) is 32.1 Å². The summed E-state index contributed by atoms with van der Waals surface area (Å²) in [4.78, 5) is 4.00. The van der Waals surface area contributed by atoms with E-state index in [2.05, 4.69) is 31.1 Å². The summed E-state index contributed by atoms with van der Waals surface area (Å²) in [5.41, 5.74) is 0.655. The number of pyridine rings is 1. The van der Waals surface area contributed by atoms with Crippen molar-refractivity contribution in [3.63, 3.8) is 0 Å². The minimum absolute atomic E-state index is 0.0992. The van der Waals surface area contributed by atoms with Crippen LogP contribution in [0.3, 0.4) is 0 Å². The monoisotopic (exact) mass is 192 g/mol. The summed E-state index contributed by atoms with van der Waals surface area (Å²) in [7, 11) is 0. The van der Waals surface area contributed by atoms with Crippen LogP contribution in [-0.2, 0) is 10.5 Å². The molecule has 1 aliphatic heterocycles. The lowest BCUT2D eigenvalue weighted by Crippen LogP contribution is -2.34. The summed E-state index contributed by atoms with van der Waals surface area (Å²) in [6.07, 6.45) is 3.58.